The number of thioether (sulfide) groups is 1. The average molecular weight is 204 g/mol. The molecule has 0 radical (unpaired) electrons. The SMILES string of the molecule is O=C1CC(=O)/C(=C/c2ccccc2)S1. The van der Waals surface area contributed by atoms with Gasteiger partial charge in [-0.2, -0.15) is 0 Å². The van der Waals surface area contributed by atoms with Crippen LogP contribution in [0.1, 0.15) is 12.0 Å². The Labute approximate surface area is 86.0 Å². The van der Waals surface area contributed by atoms with Crippen molar-refractivity contribution < 1.29 is 9.59 Å². The van der Waals surface area contributed by atoms with Crippen molar-refractivity contribution in [2.75, 3.05) is 0 Å². The highest BCUT2D eigenvalue weighted by Crippen LogP contribution is 2.30. The van der Waals surface area contributed by atoms with E-state index in [2.05, 4.69) is 0 Å². The van der Waals surface area contributed by atoms with Crippen molar-refractivity contribution in [3.63, 3.8) is 0 Å². The number of benzene rings is 1. The van der Waals surface area contributed by atoms with Crippen molar-refractivity contribution in [3.8, 4) is 0 Å². The van der Waals surface area contributed by atoms with E-state index in [1.807, 2.05) is 30.3 Å². The van der Waals surface area contributed by atoms with Gasteiger partial charge in [-0.25, -0.2) is 0 Å². The van der Waals surface area contributed by atoms with E-state index >= 15 is 0 Å². The van der Waals surface area contributed by atoms with Gasteiger partial charge in [0.2, 0.25) is 5.12 Å². The highest BCUT2D eigenvalue weighted by Gasteiger charge is 2.25. The largest absolute Gasteiger partial charge is 0.293 e. The van der Waals surface area contributed by atoms with Crippen molar-refractivity contribution in [1.82, 2.24) is 0 Å². The zero-order valence-electron chi connectivity index (χ0n) is 7.40. The third kappa shape index (κ3) is 1.93. The van der Waals surface area contributed by atoms with Gasteiger partial charge in [0, 0.05) is 0 Å². The summed E-state index contributed by atoms with van der Waals surface area (Å²) in [6.07, 6.45) is 1.81. The number of hydrogen-bond donors (Lipinski definition) is 0. The van der Waals surface area contributed by atoms with E-state index in [-0.39, 0.29) is 17.3 Å². The van der Waals surface area contributed by atoms with Crippen molar-refractivity contribution in [2.24, 2.45) is 0 Å². The Kier molecular flexibility index (Phi) is 2.50. The number of ketones is 1. The van der Waals surface area contributed by atoms with Crippen LogP contribution < -0.4 is 0 Å². The van der Waals surface area contributed by atoms with Gasteiger partial charge in [0.15, 0.2) is 5.78 Å². The standard InChI is InChI=1S/C11H8O2S/c12-9-7-11(13)14-10(9)6-8-4-2-1-3-5-8/h1-6H,7H2/b10-6-. The number of hydrogen-bond acceptors (Lipinski definition) is 3. The maximum Gasteiger partial charge on any atom is 0.201 e. The number of carbonyl (C=O) groups is 2. The van der Waals surface area contributed by atoms with E-state index in [9.17, 15) is 9.59 Å². The van der Waals surface area contributed by atoms with Crippen LogP contribution >= 0.6 is 11.8 Å². The summed E-state index contributed by atoms with van der Waals surface area (Å²) in [4.78, 5) is 22.8. The second kappa shape index (κ2) is 3.80. The summed E-state index contributed by atoms with van der Waals surface area (Å²) in [5.74, 6) is -0.0659. The molecule has 1 fully saturated rings. The van der Waals surface area contributed by atoms with E-state index in [4.69, 9.17) is 0 Å². The quantitative estimate of drug-likeness (QED) is 0.519. The summed E-state index contributed by atoms with van der Waals surface area (Å²) in [7, 11) is 0. The maximum absolute atomic E-state index is 11.3. The minimum Gasteiger partial charge on any atom is -0.293 e. The topological polar surface area (TPSA) is 34.1 Å². The van der Waals surface area contributed by atoms with Crippen molar-refractivity contribution in [2.45, 2.75) is 6.42 Å². The monoisotopic (exact) mass is 204 g/mol. The molecular weight excluding hydrogens is 196 g/mol. The number of carbonyl (C=O) groups excluding carboxylic acids is 2. The van der Waals surface area contributed by atoms with Crippen LogP contribution in [0.25, 0.3) is 6.08 Å². The van der Waals surface area contributed by atoms with Crippen LogP contribution in [0.4, 0.5) is 0 Å². The molecule has 0 atom stereocenters. The lowest BCUT2D eigenvalue weighted by Gasteiger charge is -1.93. The Morgan fingerprint density at radius 3 is 2.43 bits per heavy atom. The molecule has 0 unspecified atom stereocenters. The normalized spacial score (nSPS) is 19.3. The van der Waals surface area contributed by atoms with E-state index in [1.54, 1.807) is 6.08 Å². The van der Waals surface area contributed by atoms with Crippen molar-refractivity contribution in [1.29, 1.82) is 0 Å². The van der Waals surface area contributed by atoms with Gasteiger partial charge in [-0.15, -0.1) is 0 Å². The number of Topliss-reactive ketones (excluding diaryl/α,β-unsaturated/α-hetero) is 1. The van der Waals surface area contributed by atoms with Crippen LogP contribution in [0.2, 0.25) is 0 Å². The van der Waals surface area contributed by atoms with Crippen LogP contribution in [0.15, 0.2) is 35.2 Å². The summed E-state index contributed by atoms with van der Waals surface area (Å²) in [6.45, 7) is 0. The van der Waals surface area contributed by atoms with Crippen LogP contribution in [0.3, 0.4) is 0 Å². The molecule has 1 heterocycles. The molecule has 1 saturated heterocycles. The summed E-state index contributed by atoms with van der Waals surface area (Å²) in [5, 5.41) is -0.0582. The molecule has 0 saturated carbocycles. The lowest BCUT2D eigenvalue weighted by Crippen LogP contribution is -1.91. The van der Waals surface area contributed by atoms with E-state index in [1.165, 1.54) is 0 Å². The minimum atomic E-state index is -0.0659. The van der Waals surface area contributed by atoms with Crippen molar-refractivity contribution >= 4 is 28.7 Å². The number of allylic oxidation sites excluding steroid dienone is 1. The lowest BCUT2D eigenvalue weighted by atomic mass is 10.2. The first-order valence-electron chi connectivity index (χ1n) is 4.26. The Morgan fingerprint density at radius 2 is 1.86 bits per heavy atom. The Bertz CT molecular complexity index is 407. The minimum absolute atomic E-state index is 0.0450. The summed E-state index contributed by atoms with van der Waals surface area (Å²) in [5.41, 5.74) is 0.957. The van der Waals surface area contributed by atoms with Crippen LogP contribution in [0.5, 0.6) is 0 Å². The van der Waals surface area contributed by atoms with Crippen LogP contribution in [0, 0.1) is 0 Å². The molecule has 2 nitrogen and oxygen atoms in total. The first kappa shape index (κ1) is 9.21. The van der Waals surface area contributed by atoms with Gasteiger partial charge in [0.05, 0.1) is 11.3 Å². The molecule has 0 N–H and O–H groups in total. The molecule has 0 spiro atoms. The summed E-state index contributed by atoms with van der Waals surface area (Å²) in [6, 6.07) is 9.53. The Morgan fingerprint density at radius 1 is 1.14 bits per heavy atom. The molecule has 0 bridgehead atoms. The predicted molar refractivity (Wildman–Crippen MR) is 56.6 cm³/mol. The number of rotatable bonds is 1. The molecule has 70 valence electrons. The molecular formula is C11H8O2S. The van der Waals surface area contributed by atoms with E-state index < -0.39 is 0 Å². The second-order valence-electron chi connectivity index (χ2n) is 2.99. The first-order valence-corrected chi connectivity index (χ1v) is 5.08. The second-order valence-corrected chi connectivity index (χ2v) is 4.09. The van der Waals surface area contributed by atoms with Gasteiger partial charge in [-0.1, -0.05) is 30.3 Å². The molecule has 0 aromatic heterocycles. The first-order chi connectivity index (χ1) is 6.75. The van der Waals surface area contributed by atoms with Gasteiger partial charge in [0.25, 0.3) is 0 Å². The molecule has 1 aliphatic heterocycles. The molecule has 3 heteroatoms. The predicted octanol–water partition coefficient (Wildman–Crippen LogP) is 2.26. The molecule has 1 aromatic rings. The molecule has 1 aromatic carbocycles. The Hall–Kier alpha value is -1.35. The molecule has 0 aliphatic carbocycles. The average Bonchev–Trinajstić information content (AvgIpc) is 2.47. The van der Waals surface area contributed by atoms with Gasteiger partial charge >= 0.3 is 0 Å². The summed E-state index contributed by atoms with van der Waals surface area (Å²) >= 11 is 1.04. The summed E-state index contributed by atoms with van der Waals surface area (Å²) < 4.78 is 0. The van der Waals surface area contributed by atoms with Gasteiger partial charge in [0.1, 0.15) is 0 Å². The highest BCUT2D eigenvalue weighted by molar-refractivity contribution is 8.18. The van der Waals surface area contributed by atoms with Crippen LogP contribution in [-0.2, 0) is 9.59 Å². The zero-order valence-corrected chi connectivity index (χ0v) is 8.21. The molecule has 2 rings (SSSR count). The fourth-order valence-electron chi connectivity index (χ4n) is 1.24. The third-order valence-electron chi connectivity index (χ3n) is 1.90. The third-order valence-corrected chi connectivity index (χ3v) is 2.84. The van der Waals surface area contributed by atoms with Gasteiger partial charge < -0.3 is 0 Å². The fourth-order valence-corrected chi connectivity index (χ4v) is 2.07. The smallest absolute Gasteiger partial charge is 0.201 e. The van der Waals surface area contributed by atoms with E-state index in [0.717, 1.165) is 17.3 Å². The maximum atomic E-state index is 11.3. The molecule has 1 aliphatic rings. The lowest BCUT2D eigenvalue weighted by molar-refractivity contribution is -0.119. The van der Waals surface area contributed by atoms with E-state index in [0.29, 0.717) is 4.91 Å². The fraction of sp³-hybridized carbons (Fsp3) is 0.0909. The zero-order chi connectivity index (χ0) is 9.97. The Balaban J connectivity index is 2.28. The molecule has 14 heavy (non-hydrogen) atoms. The van der Waals surface area contributed by atoms with Gasteiger partial charge in [-0.05, 0) is 23.4 Å². The van der Waals surface area contributed by atoms with Crippen LogP contribution in [-0.4, -0.2) is 10.9 Å². The van der Waals surface area contributed by atoms with Gasteiger partial charge in [-0.3, -0.25) is 9.59 Å². The molecule has 0 amide bonds. The highest BCUT2D eigenvalue weighted by atomic mass is 32.2. The van der Waals surface area contributed by atoms with Crippen molar-refractivity contribution in [3.05, 3.63) is 40.8 Å².